The Balaban J connectivity index is 2.16. The van der Waals surface area contributed by atoms with Gasteiger partial charge in [-0.3, -0.25) is 0 Å². The second kappa shape index (κ2) is 3.75. The Hall–Kier alpha value is -1.06. The van der Waals surface area contributed by atoms with Crippen molar-refractivity contribution in [2.45, 2.75) is 16.2 Å². The van der Waals surface area contributed by atoms with Gasteiger partial charge in [-0.05, 0) is 23.8 Å². The Morgan fingerprint density at radius 1 is 0.938 bits per heavy atom. The number of hydrogen-bond donors (Lipinski definition) is 2. The van der Waals surface area contributed by atoms with Crippen molar-refractivity contribution < 1.29 is 4.74 Å². The second-order valence-electron chi connectivity index (χ2n) is 3.80. The lowest BCUT2D eigenvalue weighted by molar-refractivity contribution is 0.456. The van der Waals surface area contributed by atoms with Crippen LogP contribution in [0.2, 0.25) is 0 Å². The van der Waals surface area contributed by atoms with Gasteiger partial charge in [0.15, 0.2) is 0 Å². The molecule has 0 amide bonds. The fraction of sp³-hybridized carbons (Fsp3) is 0.0769. The van der Waals surface area contributed by atoms with Gasteiger partial charge in [-0.15, -0.1) is 25.3 Å². The summed E-state index contributed by atoms with van der Waals surface area (Å²) < 4.78 is 5.83. The van der Waals surface area contributed by atoms with Crippen LogP contribution in [0.25, 0.3) is 0 Å². The summed E-state index contributed by atoms with van der Waals surface area (Å²) >= 11 is 8.85. The van der Waals surface area contributed by atoms with Crippen molar-refractivity contribution in [3.05, 3.63) is 47.5 Å². The highest BCUT2D eigenvalue weighted by atomic mass is 32.1. The quantitative estimate of drug-likeness (QED) is 0.571. The van der Waals surface area contributed by atoms with E-state index in [9.17, 15) is 0 Å². The molecule has 1 heterocycles. The van der Waals surface area contributed by atoms with Crippen LogP contribution >= 0.6 is 25.3 Å². The molecule has 0 aliphatic carbocycles. The van der Waals surface area contributed by atoms with Crippen LogP contribution in [0.5, 0.6) is 11.5 Å². The maximum atomic E-state index is 5.83. The summed E-state index contributed by atoms with van der Waals surface area (Å²) in [5.41, 5.74) is 2.32. The van der Waals surface area contributed by atoms with Gasteiger partial charge < -0.3 is 4.74 Å². The molecule has 0 fully saturated rings. The molecule has 1 aliphatic heterocycles. The molecule has 0 unspecified atom stereocenters. The third-order valence-electron chi connectivity index (χ3n) is 2.78. The van der Waals surface area contributed by atoms with Gasteiger partial charge in [0.2, 0.25) is 0 Å². The van der Waals surface area contributed by atoms with E-state index in [2.05, 4.69) is 31.3 Å². The van der Waals surface area contributed by atoms with E-state index in [1.54, 1.807) is 0 Å². The van der Waals surface area contributed by atoms with Crippen LogP contribution in [0.15, 0.2) is 46.2 Å². The van der Waals surface area contributed by atoms with Gasteiger partial charge in [0, 0.05) is 21.8 Å². The summed E-state index contributed by atoms with van der Waals surface area (Å²) in [7, 11) is 0. The summed E-state index contributed by atoms with van der Waals surface area (Å²) in [6.45, 7) is 0. The number of thiol groups is 2. The van der Waals surface area contributed by atoms with E-state index < -0.39 is 0 Å². The van der Waals surface area contributed by atoms with Crippen molar-refractivity contribution in [3.63, 3.8) is 0 Å². The first-order valence-corrected chi connectivity index (χ1v) is 5.95. The Morgan fingerprint density at radius 2 is 1.75 bits per heavy atom. The third-order valence-corrected chi connectivity index (χ3v) is 3.84. The number of fused-ring (bicyclic) bond motifs is 2. The fourth-order valence-electron chi connectivity index (χ4n) is 1.93. The zero-order valence-electron chi connectivity index (χ0n) is 8.47. The van der Waals surface area contributed by atoms with Gasteiger partial charge in [0.05, 0.1) is 0 Å². The first kappa shape index (κ1) is 10.1. The van der Waals surface area contributed by atoms with Gasteiger partial charge in [-0.1, -0.05) is 18.2 Å². The molecule has 1 nitrogen and oxygen atoms in total. The largest absolute Gasteiger partial charge is 0.457 e. The highest BCUT2D eigenvalue weighted by molar-refractivity contribution is 7.83. The number of para-hydroxylation sites is 1. The van der Waals surface area contributed by atoms with Crippen LogP contribution < -0.4 is 4.74 Å². The molecule has 2 aromatic carbocycles. The minimum atomic E-state index is 0.860. The monoisotopic (exact) mass is 246 g/mol. The van der Waals surface area contributed by atoms with Crippen LogP contribution in [-0.2, 0) is 6.42 Å². The first-order chi connectivity index (χ1) is 7.75. The van der Waals surface area contributed by atoms with E-state index in [0.717, 1.165) is 33.3 Å². The summed E-state index contributed by atoms with van der Waals surface area (Å²) in [5, 5.41) is 0. The molecular weight excluding hydrogens is 236 g/mol. The summed E-state index contributed by atoms with van der Waals surface area (Å²) in [5.74, 6) is 1.83. The Labute approximate surface area is 105 Å². The van der Waals surface area contributed by atoms with E-state index in [4.69, 9.17) is 4.74 Å². The van der Waals surface area contributed by atoms with Crippen molar-refractivity contribution in [1.29, 1.82) is 0 Å². The molecule has 16 heavy (non-hydrogen) atoms. The van der Waals surface area contributed by atoms with Crippen LogP contribution in [0.1, 0.15) is 11.1 Å². The normalized spacial score (nSPS) is 12.6. The highest BCUT2D eigenvalue weighted by Gasteiger charge is 2.19. The lowest BCUT2D eigenvalue weighted by atomic mass is 10.0. The Kier molecular flexibility index (Phi) is 2.37. The molecule has 80 valence electrons. The van der Waals surface area contributed by atoms with E-state index in [1.807, 2.05) is 30.3 Å². The molecule has 0 N–H and O–H groups in total. The van der Waals surface area contributed by atoms with Crippen molar-refractivity contribution in [1.82, 2.24) is 0 Å². The van der Waals surface area contributed by atoms with Crippen molar-refractivity contribution in [2.75, 3.05) is 0 Å². The molecule has 0 aromatic heterocycles. The smallest absolute Gasteiger partial charge is 0.132 e. The number of rotatable bonds is 0. The predicted octanol–water partition coefficient (Wildman–Crippen LogP) is 3.96. The van der Waals surface area contributed by atoms with Gasteiger partial charge in [0.1, 0.15) is 11.5 Å². The highest BCUT2D eigenvalue weighted by Crippen LogP contribution is 2.40. The van der Waals surface area contributed by atoms with Gasteiger partial charge >= 0.3 is 0 Å². The third kappa shape index (κ3) is 1.51. The van der Waals surface area contributed by atoms with Crippen molar-refractivity contribution in [3.8, 4) is 11.5 Å². The molecule has 1 aliphatic rings. The average molecular weight is 246 g/mol. The molecular formula is C13H10OS2. The minimum absolute atomic E-state index is 0.860. The molecule has 0 saturated carbocycles. The van der Waals surface area contributed by atoms with Gasteiger partial charge in [0.25, 0.3) is 0 Å². The van der Waals surface area contributed by atoms with Crippen LogP contribution in [-0.4, -0.2) is 0 Å². The lowest BCUT2D eigenvalue weighted by Crippen LogP contribution is -2.03. The zero-order valence-corrected chi connectivity index (χ0v) is 10.3. The SMILES string of the molecule is Sc1ccc2c(c1S)Cc1ccccc1O2. The van der Waals surface area contributed by atoms with Crippen LogP contribution in [0.3, 0.4) is 0 Å². The average Bonchev–Trinajstić information content (AvgIpc) is 2.32. The molecule has 0 radical (unpaired) electrons. The topological polar surface area (TPSA) is 9.23 Å². The van der Waals surface area contributed by atoms with E-state index >= 15 is 0 Å². The van der Waals surface area contributed by atoms with Crippen LogP contribution in [0.4, 0.5) is 0 Å². The number of hydrogen-bond acceptors (Lipinski definition) is 3. The maximum absolute atomic E-state index is 5.83. The molecule has 3 rings (SSSR count). The number of ether oxygens (including phenoxy) is 1. The van der Waals surface area contributed by atoms with Crippen molar-refractivity contribution in [2.24, 2.45) is 0 Å². The molecule has 0 atom stereocenters. The molecule has 2 aromatic rings. The predicted molar refractivity (Wildman–Crippen MR) is 70.3 cm³/mol. The minimum Gasteiger partial charge on any atom is -0.457 e. The Morgan fingerprint density at radius 3 is 2.62 bits per heavy atom. The van der Waals surface area contributed by atoms with E-state index in [0.29, 0.717) is 0 Å². The lowest BCUT2D eigenvalue weighted by Gasteiger charge is -2.21. The maximum Gasteiger partial charge on any atom is 0.132 e. The van der Waals surface area contributed by atoms with Crippen molar-refractivity contribution >= 4 is 25.3 Å². The van der Waals surface area contributed by atoms with E-state index in [1.165, 1.54) is 5.56 Å². The molecule has 0 spiro atoms. The molecule has 3 heteroatoms. The van der Waals surface area contributed by atoms with Crippen LogP contribution in [0, 0.1) is 0 Å². The van der Waals surface area contributed by atoms with Gasteiger partial charge in [-0.25, -0.2) is 0 Å². The zero-order chi connectivity index (χ0) is 11.1. The summed E-state index contributed by atoms with van der Waals surface area (Å²) in [4.78, 5) is 1.81. The van der Waals surface area contributed by atoms with E-state index in [-0.39, 0.29) is 0 Å². The van der Waals surface area contributed by atoms with Gasteiger partial charge in [-0.2, -0.15) is 0 Å². The summed E-state index contributed by atoms with van der Waals surface area (Å²) in [6.07, 6.45) is 0.860. The second-order valence-corrected chi connectivity index (χ2v) is 4.73. The summed E-state index contributed by atoms with van der Waals surface area (Å²) in [6, 6.07) is 11.9. The molecule has 0 bridgehead atoms. The Bertz CT molecular complexity index is 564. The first-order valence-electron chi connectivity index (χ1n) is 5.05. The fourth-order valence-corrected chi connectivity index (χ4v) is 2.40. The standard InChI is InChI=1S/C13H10OS2/c15-12-6-5-11-9(13(12)16)7-8-3-1-2-4-10(8)14-11/h1-6,15-16H,7H2. The number of benzene rings is 2. The molecule has 0 saturated heterocycles.